The second kappa shape index (κ2) is 4.44. The molecule has 3 aromatic rings. The molecule has 90 valence electrons. The van der Waals surface area contributed by atoms with Gasteiger partial charge in [-0.3, -0.25) is 0 Å². The lowest BCUT2D eigenvalue weighted by Crippen LogP contribution is -2.02. The number of rotatable bonds is 3. The van der Waals surface area contributed by atoms with Crippen LogP contribution in [0.3, 0.4) is 0 Å². The summed E-state index contributed by atoms with van der Waals surface area (Å²) in [7, 11) is 1.85. The van der Waals surface area contributed by atoms with Gasteiger partial charge in [0.15, 0.2) is 11.5 Å². The van der Waals surface area contributed by atoms with Gasteiger partial charge in [0.05, 0.1) is 6.33 Å². The van der Waals surface area contributed by atoms with E-state index in [0.29, 0.717) is 5.65 Å². The van der Waals surface area contributed by atoms with Crippen LogP contribution in [0.25, 0.3) is 11.2 Å². The maximum Gasteiger partial charge on any atom is 0.182 e. The lowest BCUT2D eigenvalue weighted by atomic mass is 10.2. The highest BCUT2D eigenvalue weighted by molar-refractivity contribution is 5.82. The smallest absolute Gasteiger partial charge is 0.182 e. The Labute approximate surface area is 105 Å². The standard InChI is InChI=1S/C13H13N5/c1-14-12-11-13(16-8-15-12)17-9-18(11)7-10-5-3-2-4-6-10/h2-6,8-9H,7H2,1H3,(H,14,15,16). The summed E-state index contributed by atoms with van der Waals surface area (Å²) >= 11 is 0. The van der Waals surface area contributed by atoms with E-state index in [2.05, 4.69) is 37.0 Å². The summed E-state index contributed by atoms with van der Waals surface area (Å²) in [5.74, 6) is 0.799. The van der Waals surface area contributed by atoms with E-state index in [-0.39, 0.29) is 0 Å². The average molecular weight is 239 g/mol. The minimum Gasteiger partial charge on any atom is -0.371 e. The van der Waals surface area contributed by atoms with Gasteiger partial charge >= 0.3 is 0 Å². The molecule has 0 aliphatic carbocycles. The molecule has 0 amide bonds. The van der Waals surface area contributed by atoms with E-state index in [1.165, 1.54) is 11.9 Å². The molecule has 2 aromatic heterocycles. The van der Waals surface area contributed by atoms with Crippen molar-refractivity contribution < 1.29 is 0 Å². The number of hydrogen-bond acceptors (Lipinski definition) is 4. The average Bonchev–Trinajstić information content (AvgIpc) is 2.83. The number of nitrogens with one attached hydrogen (secondary N) is 1. The van der Waals surface area contributed by atoms with Crippen molar-refractivity contribution >= 4 is 17.0 Å². The Bertz CT molecular complexity index is 659. The molecule has 0 spiro atoms. The van der Waals surface area contributed by atoms with E-state index in [4.69, 9.17) is 0 Å². The molecule has 5 heteroatoms. The third kappa shape index (κ3) is 1.79. The first-order valence-electron chi connectivity index (χ1n) is 5.76. The van der Waals surface area contributed by atoms with Crippen LogP contribution in [0.4, 0.5) is 5.82 Å². The second-order valence-corrected chi connectivity index (χ2v) is 4.00. The van der Waals surface area contributed by atoms with Gasteiger partial charge in [0.25, 0.3) is 0 Å². The molecule has 0 unspecified atom stereocenters. The van der Waals surface area contributed by atoms with Gasteiger partial charge < -0.3 is 9.88 Å². The van der Waals surface area contributed by atoms with Crippen LogP contribution in [0.15, 0.2) is 43.0 Å². The fourth-order valence-corrected chi connectivity index (χ4v) is 1.99. The van der Waals surface area contributed by atoms with Crippen molar-refractivity contribution in [2.75, 3.05) is 12.4 Å². The minimum absolute atomic E-state index is 0.713. The first-order chi connectivity index (χ1) is 8.88. The van der Waals surface area contributed by atoms with Crippen molar-refractivity contribution in [3.05, 3.63) is 48.5 Å². The zero-order valence-corrected chi connectivity index (χ0v) is 10.0. The van der Waals surface area contributed by atoms with Crippen molar-refractivity contribution in [2.45, 2.75) is 6.54 Å². The van der Waals surface area contributed by atoms with E-state index >= 15 is 0 Å². The Morgan fingerprint density at radius 2 is 1.94 bits per heavy atom. The molecule has 18 heavy (non-hydrogen) atoms. The summed E-state index contributed by atoms with van der Waals surface area (Å²) in [5.41, 5.74) is 2.87. The zero-order chi connectivity index (χ0) is 12.4. The van der Waals surface area contributed by atoms with Crippen molar-refractivity contribution in [2.24, 2.45) is 0 Å². The Morgan fingerprint density at radius 1 is 1.11 bits per heavy atom. The summed E-state index contributed by atoms with van der Waals surface area (Å²) in [4.78, 5) is 12.7. The number of benzene rings is 1. The third-order valence-electron chi connectivity index (χ3n) is 2.84. The number of imidazole rings is 1. The fraction of sp³-hybridized carbons (Fsp3) is 0.154. The maximum atomic E-state index is 4.30. The summed E-state index contributed by atoms with van der Waals surface area (Å²) in [5, 5.41) is 3.07. The van der Waals surface area contributed by atoms with E-state index in [1.807, 2.05) is 25.2 Å². The van der Waals surface area contributed by atoms with Crippen molar-refractivity contribution in [1.29, 1.82) is 0 Å². The first kappa shape index (κ1) is 10.7. The topological polar surface area (TPSA) is 55.6 Å². The van der Waals surface area contributed by atoms with Gasteiger partial charge in [-0.05, 0) is 5.56 Å². The molecule has 0 saturated carbocycles. The highest BCUT2D eigenvalue weighted by Gasteiger charge is 2.09. The molecule has 1 aromatic carbocycles. The SMILES string of the molecule is CNc1ncnc2ncn(Cc3ccccc3)c12. The molecule has 0 aliphatic rings. The summed E-state index contributed by atoms with van der Waals surface area (Å²) < 4.78 is 2.05. The number of hydrogen-bond donors (Lipinski definition) is 1. The van der Waals surface area contributed by atoms with Crippen LogP contribution in [-0.4, -0.2) is 26.6 Å². The Balaban J connectivity index is 2.07. The molecule has 0 fully saturated rings. The Hall–Kier alpha value is -2.43. The van der Waals surface area contributed by atoms with Crippen LogP contribution in [0.1, 0.15) is 5.56 Å². The number of aromatic nitrogens is 4. The molecule has 0 atom stereocenters. The third-order valence-corrected chi connectivity index (χ3v) is 2.84. The molecule has 1 N–H and O–H groups in total. The first-order valence-corrected chi connectivity index (χ1v) is 5.76. The predicted molar refractivity (Wildman–Crippen MR) is 70.4 cm³/mol. The highest BCUT2D eigenvalue weighted by Crippen LogP contribution is 2.18. The van der Waals surface area contributed by atoms with Gasteiger partial charge in [0.2, 0.25) is 0 Å². The van der Waals surface area contributed by atoms with Crippen molar-refractivity contribution in [3.63, 3.8) is 0 Å². The Morgan fingerprint density at radius 3 is 2.72 bits per heavy atom. The quantitative estimate of drug-likeness (QED) is 0.758. The van der Waals surface area contributed by atoms with E-state index in [0.717, 1.165) is 17.9 Å². The molecular weight excluding hydrogens is 226 g/mol. The second-order valence-electron chi connectivity index (χ2n) is 4.00. The normalized spacial score (nSPS) is 10.7. The van der Waals surface area contributed by atoms with Gasteiger partial charge in [0.1, 0.15) is 11.8 Å². The summed E-state index contributed by atoms with van der Waals surface area (Å²) in [6.45, 7) is 0.763. The molecule has 0 radical (unpaired) electrons. The lowest BCUT2D eigenvalue weighted by molar-refractivity contribution is 0.823. The number of anilines is 1. The van der Waals surface area contributed by atoms with Gasteiger partial charge in [-0.15, -0.1) is 0 Å². The molecule has 2 heterocycles. The highest BCUT2D eigenvalue weighted by atomic mass is 15.1. The van der Waals surface area contributed by atoms with E-state index in [1.54, 1.807) is 6.33 Å². The molecule has 5 nitrogen and oxygen atoms in total. The van der Waals surface area contributed by atoms with Crippen molar-refractivity contribution in [3.8, 4) is 0 Å². The Kier molecular flexibility index (Phi) is 2.64. The lowest BCUT2D eigenvalue weighted by Gasteiger charge is -2.06. The van der Waals surface area contributed by atoms with E-state index < -0.39 is 0 Å². The van der Waals surface area contributed by atoms with Crippen LogP contribution in [-0.2, 0) is 6.54 Å². The van der Waals surface area contributed by atoms with Crippen LogP contribution in [0, 0.1) is 0 Å². The summed E-state index contributed by atoms with van der Waals surface area (Å²) in [6.07, 6.45) is 3.32. The number of nitrogens with zero attached hydrogens (tertiary/aromatic N) is 4. The van der Waals surface area contributed by atoms with E-state index in [9.17, 15) is 0 Å². The summed E-state index contributed by atoms with van der Waals surface area (Å²) in [6, 6.07) is 10.3. The molecule has 0 aliphatic heterocycles. The number of fused-ring (bicyclic) bond motifs is 1. The van der Waals surface area contributed by atoms with Gasteiger partial charge in [0, 0.05) is 13.6 Å². The molecule has 0 saturated heterocycles. The van der Waals surface area contributed by atoms with Crippen molar-refractivity contribution in [1.82, 2.24) is 19.5 Å². The zero-order valence-electron chi connectivity index (χ0n) is 10.0. The van der Waals surface area contributed by atoms with Crippen LogP contribution < -0.4 is 5.32 Å². The van der Waals surface area contributed by atoms with Gasteiger partial charge in [-0.2, -0.15) is 0 Å². The maximum absolute atomic E-state index is 4.30. The molecule has 3 rings (SSSR count). The monoisotopic (exact) mass is 239 g/mol. The predicted octanol–water partition coefficient (Wildman–Crippen LogP) is 1.92. The van der Waals surface area contributed by atoms with Gasteiger partial charge in [-0.1, -0.05) is 30.3 Å². The molecule has 0 bridgehead atoms. The minimum atomic E-state index is 0.713. The van der Waals surface area contributed by atoms with Crippen LogP contribution >= 0.6 is 0 Å². The van der Waals surface area contributed by atoms with Crippen LogP contribution in [0.2, 0.25) is 0 Å². The fourth-order valence-electron chi connectivity index (χ4n) is 1.99. The largest absolute Gasteiger partial charge is 0.371 e. The molecular formula is C13H13N5. The van der Waals surface area contributed by atoms with Gasteiger partial charge in [-0.25, -0.2) is 15.0 Å². The van der Waals surface area contributed by atoms with Crippen LogP contribution in [0.5, 0.6) is 0 Å².